The van der Waals surface area contributed by atoms with Crippen molar-refractivity contribution in [1.82, 2.24) is 10.2 Å². The second kappa shape index (κ2) is 8.20. The quantitative estimate of drug-likeness (QED) is 0.806. The second-order valence-electron chi connectivity index (χ2n) is 10.6. The van der Waals surface area contributed by atoms with E-state index in [0.717, 1.165) is 44.5 Å². The Bertz CT molecular complexity index is 688. The van der Waals surface area contributed by atoms with Crippen molar-refractivity contribution < 1.29 is 9.47 Å². The summed E-state index contributed by atoms with van der Waals surface area (Å²) in [5.74, 6) is 1.77. The molecular weight excluding hydrogens is 360 g/mol. The van der Waals surface area contributed by atoms with Crippen molar-refractivity contribution in [3.8, 4) is 5.75 Å². The third kappa shape index (κ3) is 4.22. The number of nitrogens with one attached hydrogen (secondary N) is 1. The highest BCUT2D eigenvalue weighted by Gasteiger charge is 2.45. The average molecular weight is 399 g/mol. The van der Waals surface area contributed by atoms with Crippen LogP contribution in [0.5, 0.6) is 5.75 Å². The molecule has 0 radical (unpaired) electrons. The topological polar surface area (TPSA) is 33.7 Å². The van der Waals surface area contributed by atoms with Crippen molar-refractivity contribution in [3.05, 3.63) is 29.8 Å². The Balaban J connectivity index is 1.18. The molecule has 1 aromatic rings. The molecule has 0 aromatic heterocycles. The van der Waals surface area contributed by atoms with Gasteiger partial charge in [0, 0.05) is 37.8 Å². The zero-order valence-corrected chi connectivity index (χ0v) is 18.1. The Hall–Kier alpha value is -1.10. The monoisotopic (exact) mass is 398 g/mol. The van der Waals surface area contributed by atoms with E-state index in [-0.39, 0.29) is 5.41 Å². The summed E-state index contributed by atoms with van der Waals surface area (Å²) < 4.78 is 12.0. The molecule has 0 bridgehead atoms. The molecule has 5 rings (SSSR count). The van der Waals surface area contributed by atoms with Gasteiger partial charge in [-0.3, -0.25) is 0 Å². The number of benzene rings is 1. The van der Waals surface area contributed by atoms with Crippen LogP contribution in [-0.4, -0.2) is 56.9 Å². The number of ether oxygens (including phenoxy) is 2. The number of piperidine rings is 1. The predicted octanol–water partition coefficient (Wildman–Crippen LogP) is 4.20. The molecule has 4 aliphatic rings. The van der Waals surface area contributed by atoms with Gasteiger partial charge in [0.05, 0.1) is 6.61 Å². The molecule has 29 heavy (non-hydrogen) atoms. The van der Waals surface area contributed by atoms with Gasteiger partial charge in [-0.25, -0.2) is 0 Å². The van der Waals surface area contributed by atoms with Gasteiger partial charge >= 0.3 is 0 Å². The first kappa shape index (κ1) is 19.8. The normalized spacial score (nSPS) is 29.6. The molecule has 1 unspecified atom stereocenters. The maximum absolute atomic E-state index is 6.43. The van der Waals surface area contributed by atoms with Gasteiger partial charge in [-0.15, -0.1) is 0 Å². The molecule has 1 N–H and O–H groups in total. The van der Waals surface area contributed by atoms with Crippen molar-refractivity contribution in [2.24, 2.45) is 10.8 Å². The van der Waals surface area contributed by atoms with Crippen LogP contribution in [0.4, 0.5) is 0 Å². The summed E-state index contributed by atoms with van der Waals surface area (Å²) in [7, 11) is 0. The minimum atomic E-state index is 0.254. The van der Waals surface area contributed by atoms with E-state index >= 15 is 0 Å². The molecule has 160 valence electrons. The largest absolute Gasteiger partial charge is 0.493 e. The summed E-state index contributed by atoms with van der Waals surface area (Å²) >= 11 is 0. The Morgan fingerprint density at radius 1 is 1.07 bits per heavy atom. The van der Waals surface area contributed by atoms with Gasteiger partial charge in [0.1, 0.15) is 5.75 Å². The van der Waals surface area contributed by atoms with Crippen molar-refractivity contribution in [3.63, 3.8) is 0 Å². The fraction of sp³-hybridized carbons (Fsp3) is 0.760. The molecular formula is C25H38N2O2. The van der Waals surface area contributed by atoms with E-state index in [1.807, 2.05) is 0 Å². The van der Waals surface area contributed by atoms with Crippen LogP contribution in [0.25, 0.3) is 0 Å². The Labute approximate surface area is 176 Å². The average Bonchev–Trinajstić information content (AvgIpc) is 3.20. The molecule has 4 fully saturated rings. The SMILES string of the molecule is CC1(COc2ccccc2C2CCN(C3CCC4(CNC4)C3)CC2)CCOCC1. The lowest BCUT2D eigenvalue weighted by molar-refractivity contribution is 0.00000493. The third-order valence-electron chi connectivity index (χ3n) is 8.36. The van der Waals surface area contributed by atoms with Gasteiger partial charge in [0.25, 0.3) is 0 Å². The van der Waals surface area contributed by atoms with Gasteiger partial charge in [-0.1, -0.05) is 25.1 Å². The molecule has 1 atom stereocenters. The lowest BCUT2D eigenvalue weighted by Gasteiger charge is -2.41. The Morgan fingerprint density at radius 3 is 2.52 bits per heavy atom. The highest BCUT2D eigenvalue weighted by atomic mass is 16.5. The van der Waals surface area contributed by atoms with Crippen LogP contribution in [0.3, 0.4) is 0 Å². The number of hydrogen-bond donors (Lipinski definition) is 1. The van der Waals surface area contributed by atoms with Crippen LogP contribution in [0, 0.1) is 10.8 Å². The van der Waals surface area contributed by atoms with Crippen LogP contribution in [0.1, 0.15) is 63.4 Å². The zero-order valence-electron chi connectivity index (χ0n) is 18.1. The van der Waals surface area contributed by atoms with Crippen LogP contribution in [-0.2, 0) is 4.74 Å². The minimum absolute atomic E-state index is 0.254. The summed E-state index contributed by atoms with van der Waals surface area (Å²) in [6.07, 6.45) is 9.02. The minimum Gasteiger partial charge on any atom is -0.493 e. The number of hydrogen-bond acceptors (Lipinski definition) is 4. The lowest BCUT2D eigenvalue weighted by atomic mass is 9.80. The summed E-state index contributed by atoms with van der Waals surface area (Å²) in [4.78, 5) is 2.80. The first-order valence-electron chi connectivity index (χ1n) is 11.9. The Kier molecular flexibility index (Phi) is 5.61. The van der Waals surface area contributed by atoms with E-state index in [4.69, 9.17) is 9.47 Å². The number of para-hydroxylation sites is 1. The Morgan fingerprint density at radius 2 is 1.83 bits per heavy atom. The van der Waals surface area contributed by atoms with Crippen LogP contribution in [0.2, 0.25) is 0 Å². The zero-order chi connectivity index (χ0) is 19.7. The maximum atomic E-state index is 6.43. The molecule has 4 heteroatoms. The molecule has 0 amide bonds. The van der Waals surface area contributed by atoms with Crippen molar-refractivity contribution in [2.75, 3.05) is 46.0 Å². The van der Waals surface area contributed by atoms with Gasteiger partial charge in [-0.2, -0.15) is 0 Å². The molecule has 1 aliphatic carbocycles. The maximum Gasteiger partial charge on any atom is 0.122 e. The fourth-order valence-electron chi connectivity index (χ4n) is 6.07. The number of likely N-dealkylation sites (tertiary alicyclic amines) is 1. The molecule has 4 nitrogen and oxygen atoms in total. The fourth-order valence-corrected chi connectivity index (χ4v) is 6.07. The standard InChI is InChI=1S/C25H38N2O2/c1-24(10-14-28-15-11-24)19-29-23-5-3-2-4-22(23)20-7-12-27(13-8-20)21-6-9-25(16-21)17-26-18-25/h2-5,20-21,26H,6-19H2,1H3. The van der Waals surface area contributed by atoms with E-state index in [0.29, 0.717) is 11.3 Å². The van der Waals surface area contributed by atoms with Crippen molar-refractivity contribution in [2.45, 2.75) is 63.8 Å². The van der Waals surface area contributed by atoms with E-state index < -0.39 is 0 Å². The number of rotatable bonds is 5. The van der Waals surface area contributed by atoms with Crippen LogP contribution in [0.15, 0.2) is 24.3 Å². The first-order valence-corrected chi connectivity index (χ1v) is 11.9. The first-order chi connectivity index (χ1) is 14.1. The highest BCUT2D eigenvalue weighted by molar-refractivity contribution is 5.36. The van der Waals surface area contributed by atoms with E-state index in [9.17, 15) is 0 Å². The van der Waals surface area contributed by atoms with Crippen molar-refractivity contribution >= 4 is 0 Å². The predicted molar refractivity (Wildman–Crippen MR) is 117 cm³/mol. The number of nitrogens with zero attached hydrogens (tertiary/aromatic N) is 1. The van der Waals surface area contributed by atoms with E-state index in [1.54, 1.807) is 0 Å². The summed E-state index contributed by atoms with van der Waals surface area (Å²) in [6, 6.07) is 9.65. The third-order valence-corrected chi connectivity index (χ3v) is 8.36. The van der Waals surface area contributed by atoms with Gasteiger partial charge in [-0.05, 0) is 81.0 Å². The van der Waals surface area contributed by atoms with E-state index in [2.05, 4.69) is 41.4 Å². The lowest BCUT2D eigenvalue weighted by Crippen LogP contribution is -2.52. The van der Waals surface area contributed by atoms with Gasteiger partial charge in [0.2, 0.25) is 0 Å². The summed E-state index contributed by atoms with van der Waals surface area (Å²) in [5, 5.41) is 3.50. The van der Waals surface area contributed by atoms with Crippen LogP contribution < -0.4 is 10.1 Å². The molecule has 3 saturated heterocycles. The van der Waals surface area contributed by atoms with Crippen molar-refractivity contribution in [1.29, 1.82) is 0 Å². The summed E-state index contributed by atoms with van der Waals surface area (Å²) in [5.41, 5.74) is 2.35. The van der Waals surface area contributed by atoms with Crippen LogP contribution >= 0.6 is 0 Å². The molecule has 1 aromatic carbocycles. The summed E-state index contributed by atoms with van der Waals surface area (Å²) in [6.45, 7) is 9.93. The van der Waals surface area contributed by atoms with E-state index in [1.165, 1.54) is 63.8 Å². The molecule has 1 saturated carbocycles. The molecule has 3 heterocycles. The molecule has 3 aliphatic heterocycles. The second-order valence-corrected chi connectivity index (χ2v) is 10.6. The smallest absolute Gasteiger partial charge is 0.122 e. The van der Waals surface area contributed by atoms with Gasteiger partial charge in [0.15, 0.2) is 0 Å². The highest BCUT2D eigenvalue weighted by Crippen LogP contribution is 2.45. The molecule has 1 spiro atoms. The van der Waals surface area contributed by atoms with Gasteiger partial charge < -0.3 is 19.7 Å².